The van der Waals surface area contributed by atoms with Crippen LogP contribution in [0.5, 0.6) is 0 Å². The lowest BCUT2D eigenvalue weighted by atomic mass is 9.99. The predicted molar refractivity (Wildman–Crippen MR) is 62.6 cm³/mol. The third kappa shape index (κ3) is 5.17. The molecular weight excluding hydrogens is 222 g/mol. The Hall–Kier alpha value is -1.10. The third-order valence-electron chi connectivity index (χ3n) is 3.13. The molecule has 5 nitrogen and oxygen atoms in total. The average molecular weight is 243 g/mol. The summed E-state index contributed by atoms with van der Waals surface area (Å²) in [5.41, 5.74) is 0. The zero-order valence-electron chi connectivity index (χ0n) is 10.3. The van der Waals surface area contributed by atoms with Crippen LogP contribution in [0, 0.1) is 11.8 Å². The van der Waals surface area contributed by atoms with Gasteiger partial charge < -0.3 is 15.2 Å². The topological polar surface area (TPSA) is 75.6 Å². The van der Waals surface area contributed by atoms with Gasteiger partial charge in [-0.1, -0.05) is 6.92 Å². The summed E-state index contributed by atoms with van der Waals surface area (Å²) in [6.45, 7) is 3.57. The van der Waals surface area contributed by atoms with Gasteiger partial charge in [-0.15, -0.1) is 0 Å². The molecule has 1 unspecified atom stereocenters. The van der Waals surface area contributed by atoms with Crippen LogP contribution in [0.1, 0.15) is 32.6 Å². The summed E-state index contributed by atoms with van der Waals surface area (Å²) in [4.78, 5) is 22.3. The Morgan fingerprint density at radius 2 is 2.06 bits per heavy atom. The number of nitrogens with one attached hydrogen (secondary N) is 1. The quantitative estimate of drug-likeness (QED) is 0.683. The van der Waals surface area contributed by atoms with E-state index in [1.54, 1.807) is 6.92 Å². The number of rotatable bonds is 6. The molecule has 1 saturated heterocycles. The van der Waals surface area contributed by atoms with Gasteiger partial charge in [0.2, 0.25) is 5.91 Å². The van der Waals surface area contributed by atoms with Gasteiger partial charge in [-0.2, -0.15) is 0 Å². The molecule has 0 spiro atoms. The largest absolute Gasteiger partial charge is 0.481 e. The van der Waals surface area contributed by atoms with Crippen molar-refractivity contribution in [2.24, 2.45) is 11.8 Å². The van der Waals surface area contributed by atoms with Gasteiger partial charge in [-0.25, -0.2) is 0 Å². The number of carbonyl (C=O) groups excluding carboxylic acids is 1. The first-order valence-corrected chi connectivity index (χ1v) is 6.19. The van der Waals surface area contributed by atoms with Crippen molar-refractivity contribution in [3.05, 3.63) is 0 Å². The molecule has 1 fully saturated rings. The molecule has 0 aliphatic carbocycles. The number of carboxylic acid groups (broad SMARTS) is 1. The molecular formula is C12H21NO4. The molecule has 0 aromatic rings. The molecule has 0 aromatic carbocycles. The van der Waals surface area contributed by atoms with Crippen LogP contribution in [0.2, 0.25) is 0 Å². The summed E-state index contributed by atoms with van der Waals surface area (Å²) in [5, 5.41) is 11.6. The second-order valence-electron chi connectivity index (χ2n) is 4.56. The van der Waals surface area contributed by atoms with E-state index in [-0.39, 0.29) is 17.7 Å². The number of ether oxygens (including phenoxy) is 1. The van der Waals surface area contributed by atoms with Gasteiger partial charge in [0.25, 0.3) is 0 Å². The van der Waals surface area contributed by atoms with Gasteiger partial charge in [0, 0.05) is 25.7 Å². The van der Waals surface area contributed by atoms with Gasteiger partial charge in [0.1, 0.15) is 0 Å². The monoisotopic (exact) mass is 243 g/mol. The van der Waals surface area contributed by atoms with Gasteiger partial charge in [-0.05, 0) is 25.7 Å². The van der Waals surface area contributed by atoms with Crippen molar-refractivity contribution in [1.29, 1.82) is 0 Å². The van der Waals surface area contributed by atoms with Crippen molar-refractivity contribution in [2.45, 2.75) is 32.6 Å². The molecule has 98 valence electrons. The molecule has 0 saturated carbocycles. The summed E-state index contributed by atoms with van der Waals surface area (Å²) in [6, 6.07) is 0. The molecule has 1 aliphatic rings. The van der Waals surface area contributed by atoms with Crippen molar-refractivity contribution in [3.63, 3.8) is 0 Å². The van der Waals surface area contributed by atoms with Crippen LogP contribution in [-0.2, 0) is 14.3 Å². The van der Waals surface area contributed by atoms with Crippen LogP contribution < -0.4 is 5.32 Å². The third-order valence-corrected chi connectivity index (χ3v) is 3.13. The van der Waals surface area contributed by atoms with E-state index in [1.807, 2.05) is 0 Å². The molecule has 5 heteroatoms. The minimum Gasteiger partial charge on any atom is -0.481 e. The zero-order valence-corrected chi connectivity index (χ0v) is 10.3. The first kappa shape index (κ1) is 14.0. The van der Waals surface area contributed by atoms with E-state index < -0.39 is 5.97 Å². The number of carboxylic acids is 1. The van der Waals surface area contributed by atoms with E-state index in [1.165, 1.54) is 0 Å². The standard InChI is InChI=1S/C12H21NO4/c1-9(12(15)16)3-2-6-13-11(14)10-4-7-17-8-5-10/h9-10H,2-8H2,1H3,(H,13,14)(H,15,16). The smallest absolute Gasteiger partial charge is 0.306 e. The van der Waals surface area contributed by atoms with Crippen LogP contribution in [0.3, 0.4) is 0 Å². The van der Waals surface area contributed by atoms with Crippen LogP contribution in [0.25, 0.3) is 0 Å². The van der Waals surface area contributed by atoms with Gasteiger partial charge in [-0.3, -0.25) is 9.59 Å². The Balaban J connectivity index is 2.09. The highest BCUT2D eigenvalue weighted by molar-refractivity contribution is 5.78. The maximum Gasteiger partial charge on any atom is 0.306 e. The van der Waals surface area contributed by atoms with Crippen LogP contribution in [-0.4, -0.2) is 36.7 Å². The fraction of sp³-hybridized carbons (Fsp3) is 0.833. The summed E-state index contributed by atoms with van der Waals surface area (Å²) in [7, 11) is 0. The highest BCUT2D eigenvalue weighted by atomic mass is 16.5. The number of aliphatic carboxylic acids is 1. The first-order chi connectivity index (χ1) is 8.11. The maximum atomic E-state index is 11.7. The fourth-order valence-corrected chi connectivity index (χ4v) is 1.85. The molecule has 1 amide bonds. The second-order valence-corrected chi connectivity index (χ2v) is 4.56. The van der Waals surface area contributed by atoms with E-state index in [0.29, 0.717) is 32.6 Å². The molecule has 17 heavy (non-hydrogen) atoms. The van der Waals surface area contributed by atoms with E-state index >= 15 is 0 Å². The summed E-state index contributed by atoms with van der Waals surface area (Å²) in [5.74, 6) is -0.965. The SMILES string of the molecule is CC(CCCNC(=O)C1CCOCC1)C(=O)O. The predicted octanol–water partition coefficient (Wildman–Crippen LogP) is 1.03. The molecule has 0 bridgehead atoms. The first-order valence-electron chi connectivity index (χ1n) is 6.19. The van der Waals surface area contributed by atoms with Gasteiger partial charge in [0.05, 0.1) is 5.92 Å². The van der Waals surface area contributed by atoms with E-state index in [2.05, 4.69) is 5.32 Å². The maximum absolute atomic E-state index is 11.7. The van der Waals surface area contributed by atoms with E-state index in [4.69, 9.17) is 9.84 Å². The molecule has 2 N–H and O–H groups in total. The van der Waals surface area contributed by atoms with E-state index in [9.17, 15) is 9.59 Å². The highest BCUT2D eigenvalue weighted by Gasteiger charge is 2.21. The average Bonchev–Trinajstić information content (AvgIpc) is 2.35. The molecule has 0 aromatic heterocycles. The Morgan fingerprint density at radius 1 is 1.41 bits per heavy atom. The minimum atomic E-state index is -0.777. The van der Waals surface area contributed by atoms with Crippen molar-refractivity contribution >= 4 is 11.9 Å². The zero-order chi connectivity index (χ0) is 12.7. The summed E-state index contributed by atoms with van der Waals surface area (Å²) < 4.78 is 5.19. The van der Waals surface area contributed by atoms with Crippen molar-refractivity contribution in [2.75, 3.05) is 19.8 Å². The molecule has 1 atom stereocenters. The number of hydrogen-bond acceptors (Lipinski definition) is 3. The molecule has 1 heterocycles. The normalized spacial score (nSPS) is 18.6. The second kappa shape index (κ2) is 7.27. The minimum absolute atomic E-state index is 0.0700. The lowest BCUT2D eigenvalue weighted by Crippen LogP contribution is -2.34. The summed E-state index contributed by atoms with van der Waals surface area (Å²) in [6.07, 6.45) is 2.89. The van der Waals surface area contributed by atoms with Crippen molar-refractivity contribution in [1.82, 2.24) is 5.32 Å². The molecule has 1 rings (SSSR count). The number of amides is 1. The lowest BCUT2D eigenvalue weighted by Gasteiger charge is -2.21. The van der Waals surface area contributed by atoms with Crippen LogP contribution in [0.15, 0.2) is 0 Å². The summed E-state index contributed by atoms with van der Waals surface area (Å²) >= 11 is 0. The Morgan fingerprint density at radius 3 is 2.65 bits per heavy atom. The Kier molecular flexibility index (Phi) is 5.97. The van der Waals surface area contributed by atoms with Crippen molar-refractivity contribution in [3.8, 4) is 0 Å². The highest BCUT2D eigenvalue weighted by Crippen LogP contribution is 2.14. The van der Waals surface area contributed by atoms with Crippen LogP contribution >= 0.6 is 0 Å². The van der Waals surface area contributed by atoms with E-state index in [0.717, 1.165) is 12.8 Å². The van der Waals surface area contributed by atoms with Gasteiger partial charge in [0.15, 0.2) is 0 Å². The Labute approximate surface area is 102 Å². The lowest BCUT2D eigenvalue weighted by molar-refractivity contribution is -0.141. The number of carbonyl (C=O) groups is 2. The Bertz CT molecular complexity index is 261. The van der Waals surface area contributed by atoms with Crippen molar-refractivity contribution < 1.29 is 19.4 Å². The molecule has 0 radical (unpaired) electrons. The molecule has 1 aliphatic heterocycles. The fourth-order valence-electron chi connectivity index (χ4n) is 1.85. The van der Waals surface area contributed by atoms with Crippen LogP contribution in [0.4, 0.5) is 0 Å². The number of hydrogen-bond donors (Lipinski definition) is 2. The van der Waals surface area contributed by atoms with Gasteiger partial charge >= 0.3 is 5.97 Å².